The van der Waals surface area contributed by atoms with Crippen LogP contribution in [0, 0.1) is 0 Å². The van der Waals surface area contributed by atoms with Crippen LogP contribution in [0.1, 0.15) is 194 Å². The molecule has 4 heteroatoms. The fourth-order valence-electron chi connectivity index (χ4n) is 4.54. The second-order valence-corrected chi connectivity index (χ2v) is 11.2. The van der Waals surface area contributed by atoms with Gasteiger partial charge in [0.25, 0.3) is 0 Å². The van der Waals surface area contributed by atoms with Crippen molar-refractivity contribution in [3.8, 4) is 0 Å². The Labute approximate surface area is 224 Å². The Kier molecular flexibility index (Phi) is 38.5. The zero-order valence-electron chi connectivity index (χ0n) is 24.5. The summed E-state index contributed by atoms with van der Waals surface area (Å²) >= 11 is -2.07. The maximum Gasteiger partial charge on any atom is 0.301 e. The van der Waals surface area contributed by atoms with Gasteiger partial charge in [-0.15, -0.1) is 0 Å². The first-order chi connectivity index (χ1) is 17.2. The smallest absolute Gasteiger partial charge is 0.284 e. The van der Waals surface area contributed by atoms with E-state index >= 15 is 0 Å². The molecule has 0 saturated heterocycles. The van der Waals surface area contributed by atoms with E-state index in [1.165, 1.54) is 167 Å². The molecule has 35 heavy (non-hydrogen) atoms. The predicted molar refractivity (Wildman–Crippen MR) is 158 cm³/mol. The van der Waals surface area contributed by atoms with Crippen molar-refractivity contribution >= 4 is 11.4 Å². The van der Waals surface area contributed by atoms with Crippen molar-refractivity contribution in [1.82, 2.24) is 0 Å². The molecule has 0 rings (SSSR count). The van der Waals surface area contributed by atoms with Crippen molar-refractivity contribution in [3.05, 3.63) is 0 Å². The fourth-order valence-corrected chi connectivity index (χ4v) is 4.85. The summed E-state index contributed by atoms with van der Waals surface area (Å²) in [4.78, 5) is 0. The minimum absolute atomic E-state index is 0.350. The Bertz CT molecular complexity index is 350. The first-order valence-corrected chi connectivity index (χ1v) is 17.0. The van der Waals surface area contributed by atoms with Crippen LogP contribution in [0.25, 0.3) is 0 Å². The summed E-state index contributed by atoms with van der Waals surface area (Å²) in [5.74, 6) is 0. The molecule has 0 amide bonds. The van der Waals surface area contributed by atoms with Crippen LogP contribution in [0.5, 0.6) is 0 Å². The van der Waals surface area contributed by atoms with Crippen LogP contribution in [-0.2, 0) is 15.5 Å². The molecule has 0 saturated carbocycles. The standard InChI is InChI=1S/C28H58.C3H8O3S/c1-3-5-7-9-11-13-15-17-19-21-23-25-27-28-26-24-22-20-18-16-14-12-10-8-6-4-2;1-2-3-6-7(4)5/h3-28H2,1-2H3;2-3H2,1H3,(H,4,5). The zero-order chi connectivity index (χ0) is 26.1. The molecule has 0 aliphatic rings. The third-order valence-electron chi connectivity index (χ3n) is 6.85. The number of rotatable bonds is 28. The van der Waals surface area contributed by atoms with Gasteiger partial charge < -0.3 is 0 Å². The summed E-state index contributed by atoms with van der Waals surface area (Å²) in [5, 5.41) is 0. The Morgan fingerprint density at radius 3 is 0.714 bits per heavy atom. The van der Waals surface area contributed by atoms with E-state index in [0.717, 1.165) is 6.42 Å². The van der Waals surface area contributed by atoms with Crippen LogP contribution in [0.2, 0.25) is 0 Å². The van der Waals surface area contributed by atoms with Crippen LogP contribution in [0.3, 0.4) is 0 Å². The molecular weight excluding hydrogens is 452 g/mol. The second kappa shape index (κ2) is 36.2. The van der Waals surface area contributed by atoms with E-state index in [1.54, 1.807) is 0 Å². The predicted octanol–water partition coefficient (Wildman–Crippen LogP) is 11.7. The van der Waals surface area contributed by atoms with Gasteiger partial charge in [0.05, 0.1) is 6.61 Å². The summed E-state index contributed by atoms with van der Waals surface area (Å²) in [7, 11) is 0. The largest absolute Gasteiger partial charge is 0.301 e. The van der Waals surface area contributed by atoms with Crippen molar-refractivity contribution < 1.29 is 12.9 Å². The minimum Gasteiger partial charge on any atom is -0.284 e. The molecule has 0 fully saturated rings. The molecular formula is C31H66O3S. The highest BCUT2D eigenvalue weighted by Gasteiger charge is 1.96. The molecule has 0 bridgehead atoms. The molecule has 1 atom stereocenters. The summed E-state index contributed by atoms with van der Waals surface area (Å²) in [6.45, 7) is 6.83. The van der Waals surface area contributed by atoms with E-state index in [1.807, 2.05) is 6.92 Å². The molecule has 0 spiro atoms. The lowest BCUT2D eigenvalue weighted by Gasteiger charge is -2.04. The zero-order valence-corrected chi connectivity index (χ0v) is 25.3. The van der Waals surface area contributed by atoms with Gasteiger partial charge in [-0.05, 0) is 6.42 Å². The molecule has 0 aliphatic carbocycles. The van der Waals surface area contributed by atoms with Gasteiger partial charge in [-0.3, -0.25) is 8.74 Å². The Morgan fingerprint density at radius 2 is 0.600 bits per heavy atom. The van der Waals surface area contributed by atoms with Gasteiger partial charge >= 0.3 is 11.4 Å². The maximum absolute atomic E-state index is 9.65. The molecule has 0 radical (unpaired) electrons. The lowest BCUT2D eigenvalue weighted by atomic mass is 10.0. The molecule has 0 heterocycles. The van der Waals surface area contributed by atoms with E-state index in [4.69, 9.17) is 4.55 Å². The van der Waals surface area contributed by atoms with Crippen LogP contribution in [0.4, 0.5) is 0 Å². The Balaban J connectivity index is 0. The molecule has 0 aromatic heterocycles. The SMILES string of the molecule is CCCCCCCCCCCCCCCCCCCCCCCCCCCC.CCCOS(=O)O. The van der Waals surface area contributed by atoms with Crippen LogP contribution >= 0.6 is 0 Å². The summed E-state index contributed by atoms with van der Waals surface area (Å²) in [6.07, 6.45) is 39.2. The minimum atomic E-state index is -2.07. The van der Waals surface area contributed by atoms with E-state index in [0.29, 0.717) is 6.61 Å². The molecule has 1 unspecified atom stereocenters. The molecule has 0 aromatic rings. The van der Waals surface area contributed by atoms with Crippen LogP contribution in [0.15, 0.2) is 0 Å². The Morgan fingerprint density at radius 1 is 0.400 bits per heavy atom. The van der Waals surface area contributed by atoms with Crippen molar-refractivity contribution in [3.63, 3.8) is 0 Å². The lowest BCUT2D eigenvalue weighted by Crippen LogP contribution is -1.94. The van der Waals surface area contributed by atoms with Crippen molar-refractivity contribution in [2.45, 2.75) is 194 Å². The average molecular weight is 519 g/mol. The van der Waals surface area contributed by atoms with E-state index < -0.39 is 11.4 Å². The third kappa shape index (κ3) is 41.5. The second-order valence-electron chi connectivity index (χ2n) is 10.5. The molecule has 0 aliphatic heterocycles. The topological polar surface area (TPSA) is 46.5 Å². The highest BCUT2D eigenvalue weighted by atomic mass is 32.2. The lowest BCUT2D eigenvalue weighted by molar-refractivity contribution is 0.307. The van der Waals surface area contributed by atoms with E-state index in [2.05, 4.69) is 18.0 Å². The highest BCUT2D eigenvalue weighted by Crippen LogP contribution is 2.15. The molecule has 214 valence electrons. The Hall–Kier alpha value is 0.0700. The highest BCUT2D eigenvalue weighted by molar-refractivity contribution is 7.74. The first kappa shape index (κ1) is 37.2. The van der Waals surface area contributed by atoms with Gasteiger partial charge in [0.1, 0.15) is 0 Å². The number of hydrogen-bond acceptors (Lipinski definition) is 2. The van der Waals surface area contributed by atoms with Gasteiger partial charge in [0, 0.05) is 0 Å². The van der Waals surface area contributed by atoms with Gasteiger partial charge in [0.15, 0.2) is 0 Å². The van der Waals surface area contributed by atoms with Crippen molar-refractivity contribution in [2.24, 2.45) is 0 Å². The summed E-state index contributed by atoms with van der Waals surface area (Å²) in [6, 6.07) is 0. The fraction of sp³-hybridized carbons (Fsp3) is 1.00. The normalized spacial score (nSPS) is 11.9. The van der Waals surface area contributed by atoms with Gasteiger partial charge in [-0.2, -0.15) is 4.21 Å². The monoisotopic (exact) mass is 518 g/mol. The van der Waals surface area contributed by atoms with Crippen LogP contribution < -0.4 is 0 Å². The summed E-state index contributed by atoms with van der Waals surface area (Å²) < 4.78 is 21.8. The van der Waals surface area contributed by atoms with Crippen molar-refractivity contribution in [2.75, 3.05) is 6.61 Å². The summed E-state index contributed by atoms with van der Waals surface area (Å²) in [5.41, 5.74) is 0. The maximum atomic E-state index is 9.65. The van der Waals surface area contributed by atoms with Crippen LogP contribution in [-0.4, -0.2) is 15.4 Å². The molecule has 1 N–H and O–H groups in total. The van der Waals surface area contributed by atoms with E-state index in [9.17, 15) is 4.21 Å². The average Bonchev–Trinajstić information content (AvgIpc) is 2.85. The van der Waals surface area contributed by atoms with Gasteiger partial charge in [-0.1, -0.05) is 188 Å². The first-order valence-electron chi connectivity index (χ1n) is 15.9. The van der Waals surface area contributed by atoms with Gasteiger partial charge in [-0.25, -0.2) is 0 Å². The van der Waals surface area contributed by atoms with Gasteiger partial charge in [0.2, 0.25) is 0 Å². The third-order valence-corrected chi connectivity index (χ3v) is 7.21. The quantitative estimate of drug-likeness (QED) is 0.0827. The van der Waals surface area contributed by atoms with E-state index in [-0.39, 0.29) is 0 Å². The molecule has 0 aromatic carbocycles. The number of hydrogen-bond donors (Lipinski definition) is 1. The van der Waals surface area contributed by atoms with Crippen molar-refractivity contribution in [1.29, 1.82) is 0 Å². The molecule has 3 nitrogen and oxygen atoms in total. The number of unbranched alkanes of at least 4 members (excludes halogenated alkanes) is 25.